The van der Waals surface area contributed by atoms with Crippen LogP contribution < -0.4 is 0 Å². The highest BCUT2D eigenvalue weighted by Crippen LogP contribution is 2.24. The minimum Gasteiger partial charge on any atom is -0.384 e. The van der Waals surface area contributed by atoms with Gasteiger partial charge in [0.25, 0.3) is 0 Å². The molecule has 1 saturated heterocycles. The molecule has 2 heterocycles. The maximum absolute atomic E-state index is 9.87. The zero-order valence-corrected chi connectivity index (χ0v) is 11.8. The second kappa shape index (κ2) is 5.04. The largest absolute Gasteiger partial charge is 0.384 e. The summed E-state index contributed by atoms with van der Waals surface area (Å²) in [5.41, 5.74) is -0.0200. The topological polar surface area (TPSA) is 36.4 Å². The standard InChI is InChI=1S/C13H22N2OS/c1-10-4-6-15(7-5-10)8-12-14-11(9-17-12)13(2,3)16/h9-10,16H,4-8H2,1-3H3. The fourth-order valence-electron chi connectivity index (χ4n) is 2.08. The van der Waals surface area contributed by atoms with Gasteiger partial charge in [-0.1, -0.05) is 6.92 Å². The Labute approximate surface area is 107 Å². The van der Waals surface area contributed by atoms with Gasteiger partial charge in [-0.15, -0.1) is 11.3 Å². The van der Waals surface area contributed by atoms with Crippen LogP contribution in [0.1, 0.15) is 44.3 Å². The van der Waals surface area contributed by atoms with Crippen LogP contribution >= 0.6 is 11.3 Å². The van der Waals surface area contributed by atoms with E-state index in [4.69, 9.17) is 0 Å². The monoisotopic (exact) mass is 254 g/mol. The third kappa shape index (κ3) is 3.50. The molecule has 17 heavy (non-hydrogen) atoms. The summed E-state index contributed by atoms with van der Waals surface area (Å²) in [5.74, 6) is 0.870. The highest BCUT2D eigenvalue weighted by molar-refractivity contribution is 7.09. The molecule has 4 heteroatoms. The number of nitrogens with zero attached hydrogens (tertiary/aromatic N) is 2. The summed E-state index contributed by atoms with van der Waals surface area (Å²) < 4.78 is 0. The molecule has 96 valence electrons. The van der Waals surface area contributed by atoms with Crippen LogP contribution in [-0.2, 0) is 12.1 Å². The van der Waals surface area contributed by atoms with Crippen molar-refractivity contribution in [1.82, 2.24) is 9.88 Å². The number of piperidine rings is 1. The number of likely N-dealkylation sites (tertiary alicyclic amines) is 1. The molecule has 1 fully saturated rings. The lowest BCUT2D eigenvalue weighted by molar-refractivity contribution is 0.0741. The van der Waals surface area contributed by atoms with Gasteiger partial charge in [-0.2, -0.15) is 0 Å². The number of thiazole rings is 1. The molecule has 0 radical (unpaired) electrons. The van der Waals surface area contributed by atoms with E-state index >= 15 is 0 Å². The van der Waals surface area contributed by atoms with Gasteiger partial charge < -0.3 is 5.11 Å². The fourth-order valence-corrected chi connectivity index (χ4v) is 3.07. The van der Waals surface area contributed by atoms with Crippen molar-refractivity contribution in [1.29, 1.82) is 0 Å². The Kier molecular flexibility index (Phi) is 3.85. The quantitative estimate of drug-likeness (QED) is 0.900. The number of aromatic nitrogens is 1. The Morgan fingerprint density at radius 1 is 1.47 bits per heavy atom. The molecule has 0 saturated carbocycles. The van der Waals surface area contributed by atoms with Crippen LogP contribution in [0.3, 0.4) is 0 Å². The molecule has 1 aliphatic heterocycles. The molecule has 0 unspecified atom stereocenters. The lowest BCUT2D eigenvalue weighted by Crippen LogP contribution is -2.32. The van der Waals surface area contributed by atoms with Crippen molar-refractivity contribution in [3.8, 4) is 0 Å². The maximum Gasteiger partial charge on any atom is 0.107 e. The van der Waals surface area contributed by atoms with Crippen LogP contribution in [0.5, 0.6) is 0 Å². The van der Waals surface area contributed by atoms with E-state index in [1.807, 2.05) is 5.38 Å². The van der Waals surface area contributed by atoms with Crippen LogP contribution in [0.2, 0.25) is 0 Å². The third-order valence-corrected chi connectivity index (χ3v) is 4.25. The van der Waals surface area contributed by atoms with Crippen molar-refractivity contribution in [2.24, 2.45) is 5.92 Å². The van der Waals surface area contributed by atoms with Gasteiger partial charge in [-0.25, -0.2) is 4.98 Å². The molecule has 1 N–H and O–H groups in total. The van der Waals surface area contributed by atoms with Crippen LogP contribution in [0.25, 0.3) is 0 Å². The van der Waals surface area contributed by atoms with E-state index in [0.29, 0.717) is 0 Å². The van der Waals surface area contributed by atoms with Gasteiger partial charge in [0.2, 0.25) is 0 Å². The number of hydrogen-bond acceptors (Lipinski definition) is 4. The maximum atomic E-state index is 9.87. The first-order chi connectivity index (χ1) is 7.95. The summed E-state index contributed by atoms with van der Waals surface area (Å²) in [4.78, 5) is 6.99. The van der Waals surface area contributed by atoms with E-state index in [1.54, 1.807) is 25.2 Å². The van der Waals surface area contributed by atoms with Crippen LogP contribution in [0, 0.1) is 5.92 Å². The van der Waals surface area contributed by atoms with E-state index in [9.17, 15) is 5.11 Å². The minimum atomic E-state index is -0.814. The first-order valence-electron chi connectivity index (χ1n) is 6.35. The smallest absolute Gasteiger partial charge is 0.107 e. The molecule has 1 aromatic heterocycles. The van der Waals surface area contributed by atoms with Crippen molar-refractivity contribution in [3.63, 3.8) is 0 Å². The highest BCUT2D eigenvalue weighted by Gasteiger charge is 2.21. The summed E-state index contributed by atoms with van der Waals surface area (Å²) in [5, 5.41) is 13.0. The Bertz CT molecular complexity index is 362. The van der Waals surface area contributed by atoms with Gasteiger partial charge in [0.05, 0.1) is 12.2 Å². The molecule has 0 atom stereocenters. The third-order valence-electron chi connectivity index (χ3n) is 3.41. The Hall–Kier alpha value is -0.450. The average molecular weight is 254 g/mol. The molecule has 1 aliphatic rings. The van der Waals surface area contributed by atoms with Gasteiger partial charge in [-0.05, 0) is 45.7 Å². The molecular formula is C13H22N2OS. The average Bonchev–Trinajstić information content (AvgIpc) is 2.69. The van der Waals surface area contributed by atoms with Crippen molar-refractivity contribution >= 4 is 11.3 Å². The number of hydrogen-bond donors (Lipinski definition) is 1. The molecule has 0 aromatic carbocycles. The van der Waals surface area contributed by atoms with Crippen molar-refractivity contribution in [2.45, 2.75) is 45.8 Å². The Morgan fingerprint density at radius 3 is 2.65 bits per heavy atom. The molecule has 0 amide bonds. The van der Waals surface area contributed by atoms with Gasteiger partial charge in [0.1, 0.15) is 10.6 Å². The first-order valence-corrected chi connectivity index (χ1v) is 7.23. The molecule has 0 bridgehead atoms. The van der Waals surface area contributed by atoms with Crippen molar-refractivity contribution in [2.75, 3.05) is 13.1 Å². The summed E-state index contributed by atoms with van der Waals surface area (Å²) in [6, 6.07) is 0. The Morgan fingerprint density at radius 2 is 2.12 bits per heavy atom. The summed E-state index contributed by atoms with van der Waals surface area (Å²) in [6.07, 6.45) is 2.59. The molecule has 0 aliphatic carbocycles. The second-order valence-corrected chi connectivity index (χ2v) is 6.59. The van der Waals surface area contributed by atoms with Gasteiger partial charge >= 0.3 is 0 Å². The summed E-state index contributed by atoms with van der Waals surface area (Å²) in [6.45, 7) is 9.20. The van der Waals surface area contributed by atoms with E-state index in [0.717, 1.165) is 23.2 Å². The molecule has 1 aromatic rings. The van der Waals surface area contributed by atoms with Crippen molar-refractivity contribution < 1.29 is 5.11 Å². The Balaban J connectivity index is 1.93. The zero-order chi connectivity index (χ0) is 12.5. The lowest BCUT2D eigenvalue weighted by atomic mass is 9.99. The van der Waals surface area contributed by atoms with Crippen LogP contribution in [-0.4, -0.2) is 28.1 Å². The van der Waals surface area contributed by atoms with Crippen LogP contribution in [0.15, 0.2) is 5.38 Å². The van der Waals surface area contributed by atoms with Crippen LogP contribution in [0.4, 0.5) is 0 Å². The molecule has 3 nitrogen and oxygen atoms in total. The summed E-state index contributed by atoms with van der Waals surface area (Å²) in [7, 11) is 0. The highest BCUT2D eigenvalue weighted by atomic mass is 32.1. The van der Waals surface area contributed by atoms with Gasteiger partial charge in [-0.3, -0.25) is 4.90 Å². The lowest BCUT2D eigenvalue weighted by Gasteiger charge is -2.29. The van der Waals surface area contributed by atoms with E-state index in [-0.39, 0.29) is 0 Å². The van der Waals surface area contributed by atoms with Crippen molar-refractivity contribution in [3.05, 3.63) is 16.1 Å². The zero-order valence-electron chi connectivity index (χ0n) is 10.9. The molecule has 0 spiro atoms. The van der Waals surface area contributed by atoms with Gasteiger partial charge in [0.15, 0.2) is 0 Å². The normalized spacial score (nSPS) is 19.8. The summed E-state index contributed by atoms with van der Waals surface area (Å²) >= 11 is 1.66. The molecule has 2 rings (SSSR count). The van der Waals surface area contributed by atoms with E-state index < -0.39 is 5.60 Å². The van der Waals surface area contributed by atoms with E-state index in [2.05, 4.69) is 16.8 Å². The number of rotatable bonds is 3. The fraction of sp³-hybridized carbons (Fsp3) is 0.769. The first kappa shape index (κ1) is 13.0. The van der Waals surface area contributed by atoms with Gasteiger partial charge in [0, 0.05) is 5.38 Å². The number of aliphatic hydroxyl groups is 1. The molecular weight excluding hydrogens is 232 g/mol. The minimum absolute atomic E-state index is 0.794. The predicted molar refractivity (Wildman–Crippen MR) is 71.0 cm³/mol. The second-order valence-electron chi connectivity index (χ2n) is 5.64. The SMILES string of the molecule is CC1CCN(Cc2nc(C(C)(C)O)cs2)CC1. The predicted octanol–water partition coefficient (Wildman–Crippen LogP) is 2.60. The van der Waals surface area contributed by atoms with E-state index in [1.165, 1.54) is 25.9 Å².